The van der Waals surface area contributed by atoms with Crippen molar-refractivity contribution >= 4 is 21.6 Å². The molecule has 6 nitrogen and oxygen atoms in total. The second-order valence-corrected chi connectivity index (χ2v) is 4.28. The lowest BCUT2D eigenvalue weighted by atomic mass is 10.2. The summed E-state index contributed by atoms with van der Waals surface area (Å²) in [6, 6.07) is 3.69. The number of aromatic nitrogens is 3. The molecule has 18 heavy (non-hydrogen) atoms. The van der Waals surface area contributed by atoms with Crippen LogP contribution in [-0.4, -0.2) is 22.3 Å². The van der Waals surface area contributed by atoms with Gasteiger partial charge in [-0.1, -0.05) is 0 Å². The largest absolute Gasteiger partial charge is 0.481 e. The summed E-state index contributed by atoms with van der Waals surface area (Å²) in [4.78, 5) is 15.3. The predicted octanol–water partition coefficient (Wildman–Crippen LogP) is 1.55. The van der Waals surface area contributed by atoms with Crippen molar-refractivity contribution in [3.63, 3.8) is 0 Å². The standard InChI is InChI=1S/C11H11BrN4O2/c1-18-9-4-7(2-3-13-9)5-14-8-6-15-16-11(17)10(8)12/h2-4,6H,5H2,1H3,(H2,14,16,17). The van der Waals surface area contributed by atoms with Crippen LogP contribution in [0.4, 0.5) is 5.69 Å². The maximum atomic E-state index is 11.3. The highest BCUT2D eigenvalue weighted by atomic mass is 79.9. The minimum absolute atomic E-state index is 0.271. The van der Waals surface area contributed by atoms with Gasteiger partial charge in [-0.05, 0) is 27.6 Å². The summed E-state index contributed by atoms with van der Waals surface area (Å²) in [5, 5.41) is 9.17. The molecule has 2 aromatic heterocycles. The first-order valence-electron chi connectivity index (χ1n) is 5.16. The molecule has 2 N–H and O–H groups in total. The Hall–Kier alpha value is -1.89. The van der Waals surface area contributed by atoms with Gasteiger partial charge < -0.3 is 10.1 Å². The van der Waals surface area contributed by atoms with Gasteiger partial charge in [0.25, 0.3) is 5.56 Å². The number of hydrogen-bond donors (Lipinski definition) is 2. The Labute approximate surface area is 112 Å². The van der Waals surface area contributed by atoms with Crippen molar-refractivity contribution in [1.82, 2.24) is 15.2 Å². The summed E-state index contributed by atoms with van der Waals surface area (Å²) in [7, 11) is 1.57. The average molecular weight is 311 g/mol. The molecule has 2 rings (SSSR count). The van der Waals surface area contributed by atoms with Crippen molar-refractivity contribution in [2.45, 2.75) is 6.54 Å². The molecule has 0 saturated carbocycles. The second kappa shape index (κ2) is 5.63. The van der Waals surface area contributed by atoms with Crippen LogP contribution in [0.15, 0.2) is 33.8 Å². The number of nitrogens with zero attached hydrogens (tertiary/aromatic N) is 2. The van der Waals surface area contributed by atoms with Gasteiger partial charge in [0.05, 0.1) is 19.0 Å². The van der Waals surface area contributed by atoms with E-state index in [9.17, 15) is 4.79 Å². The van der Waals surface area contributed by atoms with Crippen LogP contribution >= 0.6 is 15.9 Å². The fraction of sp³-hybridized carbons (Fsp3) is 0.182. The number of methoxy groups -OCH3 is 1. The predicted molar refractivity (Wildman–Crippen MR) is 70.7 cm³/mol. The summed E-state index contributed by atoms with van der Waals surface area (Å²) < 4.78 is 5.46. The van der Waals surface area contributed by atoms with E-state index < -0.39 is 0 Å². The molecule has 0 aliphatic carbocycles. The van der Waals surface area contributed by atoms with E-state index >= 15 is 0 Å². The SMILES string of the molecule is COc1cc(CNc2cn[nH]c(=O)c2Br)ccn1. The van der Waals surface area contributed by atoms with Crippen LogP contribution in [0.2, 0.25) is 0 Å². The number of hydrogen-bond acceptors (Lipinski definition) is 5. The molecular formula is C11H11BrN4O2. The number of halogens is 1. The maximum Gasteiger partial charge on any atom is 0.280 e. The molecule has 0 spiro atoms. The summed E-state index contributed by atoms with van der Waals surface area (Å²) in [5.74, 6) is 0.553. The Morgan fingerprint density at radius 3 is 3.17 bits per heavy atom. The van der Waals surface area contributed by atoms with Gasteiger partial charge in [-0.25, -0.2) is 10.1 Å². The molecule has 0 aromatic carbocycles. The normalized spacial score (nSPS) is 10.1. The Bertz CT molecular complexity index is 600. The monoisotopic (exact) mass is 310 g/mol. The van der Waals surface area contributed by atoms with Crippen molar-refractivity contribution in [3.8, 4) is 5.88 Å². The minimum atomic E-state index is -0.271. The van der Waals surface area contributed by atoms with E-state index in [-0.39, 0.29) is 5.56 Å². The molecule has 0 amide bonds. The van der Waals surface area contributed by atoms with Gasteiger partial charge in [0.1, 0.15) is 4.47 Å². The Morgan fingerprint density at radius 1 is 1.56 bits per heavy atom. The van der Waals surface area contributed by atoms with E-state index in [1.807, 2.05) is 12.1 Å². The van der Waals surface area contributed by atoms with E-state index in [4.69, 9.17) is 4.74 Å². The van der Waals surface area contributed by atoms with Gasteiger partial charge in [-0.15, -0.1) is 0 Å². The molecule has 94 valence electrons. The number of pyridine rings is 1. The van der Waals surface area contributed by atoms with Crippen LogP contribution in [0.1, 0.15) is 5.56 Å². The fourth-order valence-electron chi connectivity index (χ4n) is 1.38. The van der Waals surface area contributed by atoms with Crippen LogP contribution in [0.3, 0.4) is 0 Å². The third-order valence-electron chi connectivity index (χ3n) is 2.29. The molecule has 2 heterocycles. The number of ether oxygens (including phenoxy) is 1. The lowest BCUT2D eigenvalue weighted by Gasteiger charge is -2.07. The van der Waals surface area contributed by atoms with Gasteiger partial charge in [0.15, 0.2) is 0 Å². The van der Waals surface area contributed by atoms with Gasteiger partial charge in [0.2, 0.25) is 5.88 Å². The van der Waals surface area contributed by atoms with Crippen LogP contribution in [0.5, 0.6) is 5.88 Å². The molecule has 0 radical (unpaired) electrons. The lowest BCUT2D eigenvalue weighted by molar-refractivity contribution is 0.397. The first-order valence-corrected chi connectivity index (χ1v) is 5.96. The Morgan fingerprint density at radius 2 is 2.39 bits per heavy atom. The molecule has 0 aliphatic rings. The van der Waals surface area contributed by atoms with Crippen LogP contribution < -0.4 is 15.6 Å². The van der Waals surface area contributed by atoms with Crippen molar-refractivity contribution < 1.29 is 4.74 Å². The van der Waals surface area contributed by atoms with Crippen LogP contribution in [0, 0.1) is 0 Å². The van der Waals surface area contributed by atoms with Gasteiger partial charge >= 0.3 is 0 Å². The number of anilines is 1. The maximum absolute atomic E-state index is 11.3. The fourth-order valence-corrected chi connectivity index (χ4v) is 1.71. The highest BCUT2D eigenvalue weighted by Gasteiger charge is 2.04. The third-order valence-corrected chi connectivity index (χ3v) is 3.07. The molecule has 0 unspecified atom stereocenters. The molecule has 0 bridgehead atoms. The molecular weight excluding hydrogens is 300 g/mol. The zero-order chi connectivity index (χ0) is 13.0. The summed E-state index contributed by atoms with van der Waals surface area (Å²) in [6.07, 6.45) is 3.21. The van der Waals surface area contributed by atoms with Crippen molar-refractivity contribution in [2.75, 3.05) is 12.4 Å². The molecule has 0 atom stereocenters. The molecule has 7 heteroatoms. The second-order valence-electron chi connectivity index (χ2n) is 3.49. The van der Waals surface area contributed by atoms with Crippen molar-refractivity contribution in [1.29, 1.82) is 0 Å². The van der Waals surface area contributed by atoms with Crippen molar-refractivity contribution in [3.05, 3.63) is 44.9 Å². The van der Waals surface area contributed by atoms with Gasteiger partial charge in [0, 0.05) is 18.8 Å². The van der Waals surface area contributed by atoms with E-state index in [2.05, 4.69) is 36.4 Å². The Balaban J connectivity index is 2.11. The highest BCUT2D eigenvalue weighted by molar-refractivity contribution is 9.10. The molecule has 2 aromatic rings. The number of rotatable bonds is 4. The summed E-state index contributed by atoms with van der Waals surface area (Å²) in [6.45, 7) is 0.544. The Kier molecular flexibility index (Phi) is 3.93. The van der Waals surface area contributed by atoms with Crippen LogP contribution in [-0.2, 0) is 6.54 Å². The third kappa shape index (κ3) is 2.86. The van der Waals surface area contributed by atoms with Gasteiger partial charge in [-0.2, -0.15) is 5.10 Å². The molecule has 0 aliphatic heterocycles. The van der Waals surface area contributed by atoms with Crippen molar-refractivity contribution in [2.24, 2.45) is 0 Å². The van der Waals surface area contributed by atoms with Gasteiger partial charge in [-0.3, -0.25) is 4.79 Å². The number of nitrogens with one attached hydrogen (secondary N) is 2. The van der Waals surface area contributed by atoms with E-state index in [1.165, 1.54) is 0 Å². The van der Waals surface area contributed by atoms with E-state index in [0.717, 1.165) is 5.56 Å². The zero-order valence-electron chi connectivity index (χ0n) is 9.61. The highest BCUT2D eigenvalue weighted by Crippen LogP contribution is 2.17. The summed E-state index contributed by atoms with van der Waals surface area (Å²) in [5.41, 5.74) is 1.36. The first kappa shape index (κ1) is 12.6. The topological polar surface area (TPSA) is 79.9 Å². The first-order chi connectivity index (χ1) is 8.70. The smallest absolute Gasteiger partial charge is 0.280 e. The number of H-pyrrole nitrogens is 1. The van der Waals surface area contributed by atoms with E-state index in [1.54, 1.807) is 19.5 Å². The average Bonchev–Trinajstić information content (AvgIpc) is 2.41. The lowest BCUT2D eigenvalue weighted by Crippen LogP contribution is -2.12. The zero-order valence-corrected chi connectivity index (χ0v) is 11.2. The summed E-state index contributed by atoms with van der Waals surface area (Å²) >= 11 is 3.20. The molecule has 0 fully saturated rings. The quantitative estimate of drug-likeness (QED) is 0.895. The minimum Gasteiger partial charge on any atom is -0.481 e. The number of aromatic amines is 1. The molecule has 0 saturated heterocycles. The van der Waals surface area contributed by atoms with E-state index in [0.29, 0.717) is 22.6 Å². The van der Waals surface area contributed by atoms with Crippen LogP contribution in [0.25, 0.3) is 0 Å².